The number of aromatic nitrogens is 2. The zero-order chi connectivity index (χ0) is 22.3. The van der Waals surface area contributed by atoms with Crippen LogP contribution < -0.4 is 10.3 Å². The molecule has 1 heterocycles. The van der Waals surface area contributed by atoms with Crippen molar-refractivity contribution in [2.45, 2.75) is 11.4 Å². The Hall–Kier alpha value is -3.24. The van der Waals surface area contributed by atoms with E-state index in [1.54, 1.807) is 0 Å². The Morgan fingerprint density at radius 1 is 0.935 bits per heavy atom. The Morgan fingerprint density at radius 3 is 2.39 bits per heavy atom. The van der Waals surface area contributed by atoms with Gasteiger partial charge in [-0.05, 0) is 54.1 Å². The van der Waals surface area contributed by atoms with Gasteiger partial charge in [-0.2, -0.15) is 0 Å². The highest BCUT2D eigenvalue weighted by Gasteiger charge is 2.17. The fourth-order valence-corrected chi connectivity index (χ4v) is 4.38. The van der Waals surface area contributed by atoms with Crippen LogP contribution in [-0.2, 0) is 16.6 Å². The quantitative estimate of drug-likeness (QED) is 0.460. The average Bonchev–Trinajstić information content (AvgIpc) is 3.01. The highest BCUT2D eigenvalue weighted by Crippen LogP contribution is 2.24. The average molecular weight is 468 g/mol. The highest BCUT2D eigenvalue weighted by atomic mass is 35.5. The standard InChI is InChI=1S/C20H13ClF3N3O3S/c21-15-9-13(3-5-16(15)22)31(29,30)26-12-2-6-19-14(8-12)20(28)25-27(19)10-11-1-4-17(23)18(24)7-11/h1-9,26H,10H2,(H,25,28). The van der Waals surface area contributed by atoms with Crippen LogP contribution >= 0.6 is 11.6 Å². The largest absolute Gasteiger partial charge is 0.280 e. The van der Waals surface area contributed by atoms with Crippen molar-refractivity contribution < 1.29 is 21.6 Å². The normalized spacial score (nSPS) is 11.7. The van der Waals surface area contributed by atoms with Gasteiger partial charge in [-0.3, -0.25) is 19.3 Å². The van der Waals surface area contributed by atoms with Crippen LogP contribution in [0.3, 0.4) is 0 Å². The van der Waals surface area contributed by atoms with E-state index in [2.05, 4.69) is 9.82 Å². The van der Waals surface area contributed by atoms with E-state index in [1.807, 2.05) is 0 Å². The molecule has 4 rings (SSSR count). The molecule has 6 nitrogen and oxygen atoms in total. The van der Waals surface area contributed by atoms with E-state index >= 15 is 0 Å². The van der Waals surface area contributed by atoms with Gasteiger partial charge in [0.1, 0.15) is 5.82 Å². The number of rotatable bonds is 5. The Kier molecular flexibility index (Phi) is 5.28. The lowest BCUT2D eigenvalue weighted by molar-refractivity contribution is 0.506. The third-order valence-corrected chi connectivity index (χ3v) is 6.22. The van der Waals surface area contributed by atoms with Gasteiger partial charge in [0.2, 0.25) is 0 Å². The summed E-state index contributed by atoms with van der Waals surface area (Å²) >= 11 is 5.65. The summed E-state index contributed by atoms with van der Waals surface area (Å²) in [5.41, 5.74) is 0.458. The number of anilines is 1. The molecule has 0 unspecified atom stereocenters. The minimum Gasteiger partial charge on any atom is -0.280 e. The Bertz CT molecular complexity index is 1480. The second-order valence-electron chi connectivity index (χ2n) is 6.69. The number of hydrogen-bond donors (Lipinski definition) is 2. The molecule has 160 valence electrons. The molecular formula is C20H13ClF3N3O3S. The molecular weight excluding hydrogens is 455 g/mol. The van der Waals surface area contributed by atoms with E-state index in [0.717, 1.165) is 30.3 Å². The van der Waals surface area contributed by atoms with Crippen LogP contribution in [0.25, 0.3) is 10.9 Å². The van der Waals surface area contributed by atoms with Gasteiger partial charge < -0.3 is 0 Å². The van der Waals surface area contributed by atoms with Crippen LogP contribution in [-0.4, -0.2) is 18.2 Å². The Labute approximate surface area is 178 Å². The predicted molar refractivity (Wildman–Crippen MR) is 110 cm³/mol. The SMILES string of the molecule is O=c1[nH]n(Cc2ccc(F)c(F)c2)c2ccc(NS(=O)(=O)c3ccc(F)c(Cl)c3)cc12. The minimum atomic E-state index is -4.08. The maximum Gasteiger partial charge on any atom is 0.272 e. The number of nitrogens with zero attached hydrogens (tertiary/aromatic N) is 1. The number of aromatic amines is 1. The van der Waals surface area contributed by atoms with Crippen molar-refractivity contribution in [1.29, 1.82) is 0 Å². The molecule has 0 aliphatic carbocycles. The summed E-state index contributed by atoms with van der Waals surface area (Å²) in [6.07, 6.45) is 0. The molecule has 0 radical (unpaired) electrons. The molecule has 0 fully saturated rings. The van der Waals surface area contributed by atoms with Crippen molar-refractivity contribution in [2.75, 3.05) is 4.72 Å². The lowest BCUT2D eigenvalue weighted by atomic mass is 10.2. The first-order chi connectivity index (χ1) is 14.6. The lowest BCUT2D eigenvalue weighted by Crippen LogP contribution is -2.13. The minimum absolute atomic E-state index is 0.0646. The summed E-state index contributed by atoms with van der Waals surface area (Å²) in [6, 6.07) is 10.6. The van der Waals surface area contributed by atoms with E-state index in [1.165, 1.54) is 28.9 Å². The highest BCUT2D eigenvalue weighted by molar-refractivity contribution is 7.92. The monoisotopic (exact) mass is 467 g/mol. The summed E-state index contributed by atoms with van der Waals surface area (Å²) < 4.78 is 68.7. The number of sulfonamides is 1. The Balaban J connectivity index is 1.65. The zero-order valence-corrected chi connectivity index (χ0v) is 17.1. The molecule has 0 spiro atoms. The van der Waals surface area contributed by atoms with Gasteiger partial charge in [0.15, 0.2) is 11.6 Å². The van der Waals surface area contributed by atoms with Crippen molar-refractivity contribution in [1.82, 2.24) is 9.78 Å². The molecule has 4 aromatic rings. The third kappa shape index (κ3) is 4.17. The molecule has 0 aliphatic heterocycles. The number of hydrogen-bond acceptors (Lipinski definition) is 3. The summed E-state index contributed by atoms with van der Waals surface area (Å²) in [4.78, 5) is 12.1. The molecule has 0 saturated heterocycles. The van der Waals surface area contributed by atoms with Crippen molar-refractivity contribution >= 4 is 38.2 Å². The van der Waals surface area contributed by atoms with E-state index in [-0.39, 0.29) is 27.5 Å². The van der Waals surface area contributed by atoms with Crippen LogP contribution in [0.5, 0.6) is 0 Å². The maximum absolute atomic E-state index is 13.4. The second kappa shape index (κ2) is 7.78. The number of nitrogens with one attached hydrogen (secondary N) is 2. The fraction of sp³-hybridized carbons (Fsp3) is 0.0500. The molecule has 2 N–H and O–H groups in total. The summed E-state index contributed by atoms with van der Waals surface area (Å²) in [5, 5.41) is 2.42. The smallest absolute Gasteiger partial charge is 0.272 e. The lowest BCUT2D eigenvalue weighted by Gasteiger charge is -2.09. The molecule has 0 aliphatic rings. The summed E-state index contributed by atoms with van der Waals surface area (Å²) in [7, 11) is -4.08. The van der Waals surface area contributed by atoms with E-state index in [0.29, 0.717) is 11.1 Å². The third-order valence-electron chi connectivity index (χ3n) is 4.55. The predicted octanol–water partition coefficient (Wildman–Crippen LogP) is 4.25. The zero-order valence-electron chi connectivity index (χ0n) is 15.5. The van der Waals surface area contributed by atoms with Crippen molar-refractivity contribution in [3.05, 3.63) is 93.0 Å². The molecule has 0 amide bonds. The molecule has 31 heavy (non-hydrogen) atoms. The first-order valence-electron chi connectivity index (χ1n) is 8.78. The first-order valence-corrected chi connectivity index (χ1v) is 10.6. The molecule has 3 aromatic carbocycles. The number of H-pyrrole nitrogens is 1. The van der Waals surface area contributed by atoms with E-state index in [4.69, 9.17) is 11.6 Å². The van der Waals surface area contributed by atoms with Crippen molar-refractivity contribution in [3.8, 4) is 0 Å². The first kappa shape index (κ1) is 21.0. The number of fused-ring (bicyclic) bond motifs is 1. The fourth-order valence-electron chi connectivity index (χ4n) is 3.06. The van der Waals surface area contributed by atoms with Gasteiger partial charge in [0.25, 0.3) is 15.6 Å². The van der Waals surface area contributed by atoms with Gasteiger partial charge in [-0.1, -0.05) is 17.7 Å². The van der Waals surface area contributed by atoms with E-state index < -0.39 is 33.0 Å². The van der Waals surface area contributed by atoms with Crippen LogP contribution in [0.4, 0.5) is 18.9 Å². The Morgan fingerprint density at radius 2 is 1.68 bits per heavy atom. The van der Waals surface area contributed by atoms with Crippen LogP contribution in [0.1, 0.15) is 5.56 Å². The van der Waals surface area contributed by atoms with Gasteiger partial charge >= 0.3 is 0 Å². The second-order valence-corrected chi connectivity index (χ2v) is 8.78. The molecule has 0 saturated carbocycles. The molecule has 11 heteroatoms. The van der Waals surface area contributed by atoms with Gasteiger partial charge in [-0.15, -0.1) is 0 Å². The number of halogens is 4. The van der Waals surface area contributed by atoms with Crippen LogP contribution in [0.15, 0.2) is 64.3 Å². The summed E-state index contributed by atoms with van der Waals surface area (Å²) in [5.74, 6) is -2.74. The molecule has 0 atom stereocenters. The molecule has 0 bridgehead atoms. The van der Waals surface area contributed by atoms with Gasteiger partial charge in [-0.25, -0.2) is 21.6 Å². The van der Waals surface area contributed by atoms with Crippen molar-refractivity contribution in [2.24, 2.45) is 0 Å². The molecule has 1 aromatic heterocycles. The number of benzene rings is 3. The van der Waals surface area contributed by atoms with E-state index in [9.17, 15) is 26.4 Å². The van der Waals surface area contributed by atoms with Crippen LogP contribution in [0.2, 0.25) is 5.02 Å². The van der Waals surface area contributed by atoms with Gasteiger partial charge in [0.05, 0.1) is 27.4 Å². The van der Waals surface area contributed by atoms with Gasteiger partial charge in [0, 0.05) is 5.69 Å². The topological polar surface area (TPSA) is 84.0 Å². The van der Waals surface area contributed by atoms with Crippen LogP contribution in [0, 0.1) is 17.5 Å². The maximum atomic E-state index is 13.4. The van der Waals surface area contributed by atoms with Crippen molar-refractivity contribution in [3.63, 3.8) is 0 Å². The summed E-state index contributed by atoms with van der Waals surface area (Å²) in [6.45, 7) is 0.0646.